The molecule has 1 aliphatic heterocycles. The van der Waals surface area contributed by atoms with Gasteiger partial charge in [0.2, 0.25) is 0 Å². The van der Waals surface area contributed by atoms with E-state index in [1.165, 1.54) is 5.70 Å². The van der Waals surface area contributed by atoms with E-state index in [9.17, 15) is 0 Å². The number of nitrogens with zero attached hydrogens (tertiary/aromatic N) is 2. The van der Waals surface area contributed by atoms with E-state index < -0.39 is 0 Å². The standard InChI is InChI=1S/C27H42N6/c1-6-9-10-23(12-13-24(7-2)33-17-15-30-16-18-33)32-20-31-21(4)22-11-14-26(28)25(19-22)27(8-3)29-5/h7,10-14,19,28-30,32H,6,8-9,15-18,20H2,1-5H3/b13-12-,23-10-,24-7+,27-25-,28-26?,31-21+. The fourth-order valence-electron chi connectivity index (χ4n) is 3.84. The molecule has 1 heterocycles. The topological polar surface area (TPSA) is 75.5 Å². The molecule has 2 aliphatic rings. The molecule has 0 spiro atoms. The van der Waals surface area contributed by atoms with Gasteiger partial charge in [0.1, 0.15) is 6.67 Å². The van der Waals surface area contributed by atoms with Gasteiger partial charge in [-0.1, -0.05) is 38.5 Å². The van der Waals surface area contributed by atoms with Gasteiger partial charge in [-0.3, -0.25) is 4.99 Å². The van der Waals surface area contributed by atoms with Crippen LogP contribution in [0.1, 0.15) is 47.0 Å². The number of aliphatic imine (C=N–C) groups is 1. The zero-order valence-corrected chi connectivity index (χ0v) is 21.1. The number of piperazine rings is 1. The summed E-state index contributed by atoms with van der Waals surface area (Å²) in [6.45, 7) is 13.1. The zero-order valence-electron chi connectivity index (χ0n) is 21.1. The van der Waals surface area contributed by atoms with E-state index in [2.05, 4.69) is 72.0 Å². The first-order valence-electron chi connectivity index (χ1n) is 12.2. The summed E-state index contributed by atoms with van der Waals surface area (Å²) in [5.41, 5.74) is 6.93. The molecule has 6 nitrogen and oxygen atoms in total. The molecule has 180 valence electrons. The predicted octanol–water partition coefficient (Wildman–Crippen LogP) is 4.44. The minimum atomic E-state index is 0.513. The molecule has 0 aromatic heterocycles. The number of unbranched alkanes of at least 4 members (excludes halogenated alkanes) is 1. The van der Waals surface area contributed by atoms with Crippen LogP contribution in [-0.4, -0.2) is 56.2 Å². The number of rotatable bonds is 11. The third-order valence-corrected chi connectivity index (χ3v) is 5.88. The average molecular weight is 451 g/mol. The van der Waals surface area contributed by atoms with Gasteiger partial charge >= 0.3 is 0 Å². The van der Waals surface area contributed by atoms with Crippen LogP contribution in [-0.2, 0) is 0 Å². The Morgan fingerprint density at radius 3 is 2.61 bits per heavy atom. The van der Waals surface area contributed by atoms with Crippen molar-refractivity contribution >= 4 is 11.4 Å². The number of nitrogens with one attached hydrogen (secondary N) is 4. The zero-order chi connectivity index (χ0) is 24.1. The van der Waals surface area contributed by atoms with Crippen LogP contribution in [0.4, 0.5) is 0 Å². The lowest BCUT2D eigenvalue weighted by Crippen LogP contribution is -2.42. The molecule has 0 radical (unpaired) electrons. The normalized spacial score (nSPS) is 19.8. The quantitative estimate of drug-likeness (QED) is 0.277. The van der Waals surface area contributed by atoms with E-state index in [0.29, 0.717) is 12.4 Å². The van der Waals surface area contributed by atoms with Crippen LogP contribution in [0.3, 0.4) is 0 Å². The molecule has 1 aliphatic carbocycles. The Morgan fingerprint density at radius 1 is 1.21 bits per heavy atom. The van der Waals surface area contributed by atoms with Crippen LogP contribution >= 0.6 is 0 Å². The molecule has 0 unspecified atom stereocenters. The molecule has 1 saturated heterocycles. The van der Waals surface area contributed by atoms with E-state index >= 15 is 0 Å². The largest absolute Gasteiger partial charge is 0.391 e. The lowest BCUT2D eigenvalue weighted by molar-refractivity contribution is 0.307. The van der Waals surface area contributed by atoms with Gasteiger partial charge in [-0.15, -0.1) is 0 Å². The lowest BCUT2D eigenvalue weighted by Gasteiger charge is -2.30. The first kappa shape index (κ1) is 26.4. The Kier molecular flexibility index (Phi) is 11.5. The van der Waals surface area contributed by atoms with Crippen molar-refractivity contribution in [3.63, 3.8) is 0 Å². The Morgan fingerprint density at radius 2 is 1.97 bits per heavy atom. The molecule has 4 N–H and O–H groups in total. The summed E-state index contributed by atoms with van der Waals surface area (Å²) >= 11 is 0. The maximum atomic E-state index is 8.24. The van der Waals surface area contributed by atoms with Gasteiger partial charge in [0.15, 0.2) is 0 Å². The molecule has 33 heavy (non-hydrogen) atoms. The van der Waals surface area contributed by atoms with Gasteiger partial charge in [0.25, 0.3) is 0 Å². The summed E-state index contributed by atoms with van der Waals surface area (Å²) in [5.74, 6) is 0. The fourth-order valence-corrected chi connectivity index (χ4v) is 3.84. The maximum Gasteiger partial charge on any atom is 0.108 e. The van der Waals surface area contributed by atoms with Crippen molar-refractivity contribution in [1.29, 1.82) is 5.41 Å². The number of hydrogen-bond donors (Lipinski definition) is 4. The Bertz CT molecular complexity index is 870. The molecule has 0 saturated carbocycles. The minimum Gasteiger partial charge on any atom is -0.391 e. The third kappa shape index (κ3) is 8.21. The molecule has 0 aromatic rings. The molecule has 0 atom stereocenters. The molecular formula is C27H42N6. The van der Waals surface area contributed by atoms with Crippen LogP contribution in [0.5, 0.6) is 0 Å². The van der Waals surface area contributed by atoms with Crippen molar-refractivity contribution in [3.05, 3.63) is 70.8 Å². The van der Waals surface area contributed by atoms with Crippen molar-refractivity contribution < 1.29 is 0 Å². The van der Waals surface area contributed by atoms with Gasteiger partial charge in [-0.05, 0) is 56.6 Å². The summed E-state index contributed by atoms with van der Waals surface area (Å²) in [5, 5.41) is 18.4. The number of allylic oxidation sites excluding steroid dienone is 10. The van der Waals surface area contributed by atoms with Gasteiger partial charge in [-0.2, -0.15) is 0 Å². The van der Waals surface area contributed by atoms with Gasteiger partial charge < -0.3 is 26.3 Å². The molecule has 0 aromatic carbocycles. The van der Waals surface area contributed by atoms with Crippen molar-refractivity contribution in [2.75, 3.05) is 39.9 Å². The van der Waals surface area contributed by atoms with Crippen LogP contribution in [0, 0.1) is 5.41 Å². The second kappa shape index (κ2) is 14.3. The summed E-state index contributed by atoms with van der Waals surface area (Å²) in [7, 11) is 1.91. The first-order chi connectivity index (χ1) is 16.0. The highest BCUT2D eigenvalue weighted by molar-refractivity contribution is 6.14. The van der Waals surface area contributed by atoms with Crippen LogP contribution in [0.2, 0.25) is 0 Å². The van der Waals surface area contributed by atoms with Crippen molar-refractivity contribution in [2.45, 2.75) is 47.0 Å². The molecular weight excluding hydrogens is 408 g/mol. The van der Waals surface area contributed by atoms with E-state index in [1.807, 2.05) is 26.1 Å². The second-order valence-electron chi connectivity index (χ2n) is 8.15. The van der Waals surface area contributed by atoms with Crippen LogP contribution in [0.25, 0.3) is 0 Å². The summed E-state index contributed by atoms with van der Waals surface area (Å²) in [6, 6.07) is 0. The Balaban J connectivity index is 2.08. The van der Waals surface area contributed by atoms with Gasteiger partial charge in [0.05, 0.1) is 5.71 Å². The highest BCUT2D eigenvalue weighted by Crippen LogP contribution is 2.19. The smallest absolute Gasteiger partial charge is 0.108 e. The number of hydrogen-bond acceptors (Lipinski definition) is 6. The van der Waals surface area contributed by atoms with E-state index in [1.54, 1.807) is 0 Å². The summed E-state index contributed by atoms with van der Waals surface area (Å²) in [6.07, 6.45) is 17.7. The lowest BCUT2D eigenvalue weighted by atomic mass is 9.95. The highest BCUT2D eigenvalue weighted by Gasteiger charge is 2.13. The fraction of sp³-hybridized carbons (Fsp3) is 0.481. The van der Waals surface area contributed by atoms with Crippen molar-refractivity contribution in [3.8, 4) is 0 Å². The van der Waals surface area contributed by atoms with Crippen molar-refractivity contribution in [2.24, 2.45) is 4.99 Å². The van der Waals surface area contributed by atoms with Crippen LogP contribution < -0.4 is 16.0 Å². The van der Waals surface area contributed by atoms with E-state index in [-0.39, 0.29) is 0 Å². The molecule has 0 bridgehead atoms. The molecule has 1 fully saturated rings. The molecule has 0 amide bonds. The first-order valence-corrected chi connectivity index (χ1v) is 12.2. The Hall–Kier alpha value is -2.86. The third-order valence-electron chi connectivity index (χ3n) is 5.88. The SMILES string of the molecule is C\C=C(/C=C\C(=C\CCC)NC/N=C(\C)C1=C/C(=C(\CC)NC)C(=N)C=C1)N1CCNCC1. The van der Waals surface area contributed by atoms with Crippen LogP contribution in [0.15, 0.2) is 75.8 Å². The summed E-state index contributed by atoms with van der Waals surface area (Å²) in [4.78, 5) is 7.19. The molecule has 6 heteroatoms. The minimum absolute atomic E-state index is 0.513. The Labute approximate surface area is 200 Å². The van der Waals surface area contributed by atoms with E-state index in [0.717, 1.165) is 73.7 Å². The highest BCUT2D eigenvalue weighted by atomic mass is 15.2. The van der Waals surface area contributed by atoms with Crippen molar-refractivity contribution in [1.82, 2.24) is 20.9 Å². The predicted molar refractivity (Wildman–Crippen MR) is 143 cm³/mol. The van der Waals surface area contributed by atoms with E-state index in [4.69, 9.17) is 10.4 Å². The monoisotopic (exact) mass is 450 g/mol. The maximum absolute atomic E-state index is 8.24. The average Bonchev–Trinajstić information content (AvgIpc) is 2.84. The summed E-state index contributed by atoms with van der Waals surface area (Å²) < 4.78 is 0. The molecule has 2 rings (SSSR count). The second-order valence-corrected chi connectivity index (χ2v) is 8.15. The van der Waals surface area contributed by atoms with Gasteiger partial charge in [0, 0.05) is 61.6 Å². The van der Waals surface area contributed by atoms with Gasteiger partial charge in [-0.25, -0.2) is 0 Å².